The van der Waals surface area contributed by atoms with Crippen molar-refractivity contribution < 1.29 is 4.79 Å². The van der Waals surface area contributed by atoms with Crippen molar-refractivity contribution in [2.24, 2.45) is 5.92 Å². The molecule has 0 fully saturated rings. The van der Waals surface area contributed by atoms with Crippen LogP contribution < -0.4 is 0 Å². The fourth-order valence-electron chi connectivity index (χ4n) is 1.49. The van der Waals surface area contributed by atoms with E-state index < -0.39 is 0 Å². The highest BCUT2D eigenvalue weighted by Crippen LogP contribution is 2.16. The maximum Gasteiger partial charge on any atom is 0.155 e. The van der Waals surface area contributed by atoms with E-state index in [2.05, 4.69) is 31.2 Å². The van der Waals surface area contributed by atoms with E-state index in [0.717, 1.165) is 12.8 Å². The molecule has 1 rings (SSSR count). The van der Waals surface area contributed by atoms with Crippen molar-refractivity contribution >= 4 is 5.78 Å². The SMILES string of the molecule is CCC/C=C/C=C/[C@@H]1CC=CC(=O)C1. The molecule has 0 bridgehead atoms. The fraction of sp³-hybridized carbons (Fsp3) is 0.462. The molecule has 1 aliphatic rings. The van der Waals surface area contributed by atoms with Crippen molar-refractivity contribution in [3.8, 4) is 0 Å². The van der Waals surface area contributed by atoms with Crippen LogP contribution in [0.2, 0.25) is 0 Å². The van der Waals surface area contributed by atoms with E-state index in [1.54, 1.807) is 6.08 Å². The smallest absolute Gasteiger partial charge is 0.155 e. The van der Waals surface area contributed by atoms with Crippen molar-refractivity contribution in [1.82, 2.24) is 0 Å². The summed E-state index contributed by atoms with van der Waals surface area (Å²) in [4.78, 5) is 11.1. The van der Waals surface area contributed by atoms with Gasteiger partial charge in [-0.25, -0.2) is 0 Å². The maximum absolute atomic E-state index is 11.1. The number of rotatable bonds is 4. The van der Waals surface area contributed by atoms with Crippen LogP contribution in [-0.4, -0.2) is 5.78 Å². The van der Waals surface area contributed by atoms with Gasteiger partial charge in [-0.1, -0.05) is 43.7 Å². The van der Waals surface area contributed by atoms with Crippen LogP contribution in [0.3, 0.4) is 0 Å². The summed E-state index contributed by atoms with van der Waals surface area (Å²) in [7, 11) is 0. The number of carbonyl (C=O) groups excluding carboxylic acids is 1. The molecule has 0 N–H and O–H groups in total. The van der Waals surface area contributed by atoms with E-state index in [-0.39, 0.29) is 5.78 Å². The summed E-state index contributed by atoms with van der Waals surface area (Å²) < 4.78 is 0. The Kier molecular flexibility index (Phi) is 4.98. The lowest BCUT2D eigenvalue weighted by Gasteiger charge is -2.11. The lowest BCUT2D eigenvalue weighted by molar-refractivity contribution is -0.115. The largest absolute Gasteiger partial charge is 0.295 e. The van der Waals surface area contributed by atoms with Crippen LogP contribution in [0.5, 0.6) is 0 Å². The molecule has 0 aromatic carbocycles. The Labute approximate surface area is 86.2 Å². The third-order valence-corrected chi connectivity index (χ3v) is 2.29. The number of allylic oxidation sites excluding steroid dienone is 6. The normalized spacial score (nSPS) is 22.6. The fourth-order valence-corrected chi connectivity index (χ4v) is 1.49. The van der Waals surface area contributed by atoms with E-state index >= 15 is 0 Å². The molecule has 0 aliphatic heterocycles. The molecule has 1 nitrogen and oxygen atoms in total. The van der Waals surface area contributed by atoms with Crippen LogP contribution in [0, 0.1) is 5.92 Å². The first kappa shape index (κ1) is 11.0. The molecule has 1 heteroatoms. The van der Waals surface area contributed by atoms with Gasteiger partial charge in [-0.05, 0) is 24.8 Å². The first-order chi connectivity index (χ1) is 6.83. The van der Waals surface area contributed by atoms with Crippen LogP contribution >= 0.6 is 0 Å². The minimum Gasteiger partial charge on any atom is -0.295 e. The van der Waals surface area contributed by atoms with Gasteiger partial charge in [-0.15, -0.1) is 0 Å². The van der Waals surface area contributed by atoms with Gasteiger partial charge in [0.15, 0.2) is 5.78 Å². The third-order valence-electron chi connectivity index (χ3n) is 2.29. The Morgan fingerprint density at radius 3 is 3.07 bits per heavy atom. The van der Waals surface area contributed by atoms with Crippen LogP contribution in [-0.2, 0) is 4.79 Å². The molecule has 0 saturated carbocycles. The zero-order valence-electron chi connectivity index (χ0n) is 8.78. The highest BCUT2D eigenvalue weighted by molar-refractivity contribution is 5.90. The molecule has 0 saturated heterocycles. The second-order valence-corrected chi connectivity index (χ2v) is 3.67. The highest BCUT2D eigenvalue weighted by atomic mass is 16.1. The topological polar surface area (TPSA) is 17.1 Å². The van der Waals surface area contributed by atoms with Crippen LogP contribution in [0.1, 0.15) is 32.6 Å². The van der Waals surface area contributed by atoms with E-state index in [0.29, 0.717) is 12.3 Å². The molecular weight excluding hydrogens is 172 g/mol. The Morgan fingerprint density at radius 2 is 2.36 bits per heavy atom. The van der Waals surface area contributed by atoms with Crippen LogP contribution in [0.4, 0.5) is 0 Å². The number of unbranched alkanes of at least 4 members (excludes halogenated alkanes) is 1. The van der Waals surface area contributed by atoms with Crippen LogP contribution in [0.15, 0.2) is 36.5 Å². The Balaban J connectivity index is 2.30. The standard InChI is InChI=1S/C13H18O/c1-2-3-4-5-6-8-12-9-7-10-13(14)11-12/h4-8,10,12H,2-3,9,11H2,1H3/b5-4+,8-6+/t12-/m1/s1. The Bertz CT molecular complexity index is 258. The summed E-state index contributed by atoms with van der Waals surface area (Å²) in [6, 6.07) is 0. The lowest BCUT2D eigenvalue weighted by Crippen LogP contribution is -2.07. The predicted octanol–water partition coefficient (Wildman–Crippen LogP) is 3.43. The second kappa shape index (κ2) is 6.36. The van der Waals surface area contributed by atoms with Crippen LogP contribution in [0.25, 0.3) is 0 Å². The highest BCUT2D eigenvalue weighted by Gasteiger charge is 2.11. The number of carbonyl (C=O) groups is 1. The Morgan fingerprint density at radius 1 is 1.50 bits per heavy atom. The summed E-state index contributed by atoms with van der Waals surface area (Å²) in [5.41, 5.74) is 0. The number of hydrogen-bond acceptors (Lipinski definition) is 1. The molecule has 0 spiro atoms. The van der Waals surface area contributed by atoms with Crippen molar-refractivity contribution in [2.75, 3.05) is 0 Å². The number of ketones is 1. The molecule has 0 unspecified atom stereocenters. The summed E-state index contributed by atoms with van der Waals surface area (Å²) in [6.45, 7) is 2.17. The molecule has 0 aromatic rings. The molecular formula is C13H18O. The van der Waals surface area contributed by atoms with Crippen molar-refractivity contribution in [1.29, 1.82) is 0 Å². The average molecular weight is 190 g/mol. The molecule has 0 heterocycles. The van der Waals surface area contributed by atoms with Gasteiger partial charge in [-0.2, -0.15) is 0 Å². The predicted molar refractivity (Wildman–Crippen MR) is 60.1 cm³/mol. The minimum atomic E-state index is 0.253. The summed E-state index contributed by atoms with van der Waals surface area (Å²) in [6.07, 6.45) is 16.1. The van der Waals surface area contributed by atoms with E-state index in [1.165, 1.54) is 6.42 Å². The van der Waals surface area contributed by atoms with Gasteiger partial charge in [0, 0.05) is 6.42 Å². The first-order valence-corrected chi connectivity index (χ1v) is 5.35. The molecule has 0 radical (unpaired) electrons. The van der Waals surface area contributed by atoms with Crippen molar-refractivity contribution in [3.63, 3.8) is 0 Å². The lowest BCUT2D eigenvalue weighted by atomic mass is 9.93. The first-order valence-electron chi connectivity index (χ1n) is 5.35. The van der Waals surface area contributed by atoms with Crippen molar-refractivity contribution in [3.05, 3.63) is 36.5 Å². The van der Waals surface area contributed by atoms with E-state index in [1.807, 2.05) is 6.08 Å². The molecule has 1 aliphatic carbocycles. The average Bonchev–Trinajstić information content (AvgIpc) is 2.18. The van der Waals surface area contributed by atoms with Gasteiger partial charge in [-0.3, -0.25) is 4.79 Å². The summed E-state index contributed by atoms with van der Waals surface area (Å²) in [5, 5.41) is 0. The Hall–Kier alpha value is -1.11. The quantitative estimate of drug-likeness (QED) is 0.621. The third kappa shape index (κ3) is 4.22. The summed E-state index contributed by atoms with van der Waals surface area (Å²) in [5.74, 6) is 0.669. The van der Waals surface area contributed by atoms with Gasteiger partial charge in [0.2, 0.25) is 0 Å². The second-order valence-electron chi connectivity index (χ2n) is 3.67. The van der Waals surface area contributed by atoms with Gasteiger partial charge in [0.1, 0.15) is 0 Å². The molecule has 0 amide bonds. The minimum absolute atomic E-state index is 0.253. The molecule has 0 aromatic heterocycles. The van der Waals surface area contributed by atoms with Gasteiger partial charge < -0.3 is 0 Å². The molecule has 1 atom stereocenters. The molecule has 76 valence electrons. The number of hydrogen-bond donors (Lipinski definition) is 0. The zero-order valence-corrected chi connectivity index (χ0v) is 8.78. The van der Waals surface area contributed by atoms with Gasteiger partial charge in [0.05, 0.1) is 0 Å². The monoisotopic (exact) mass is 190 g/mol. The van der Waals surface area contributed by atoms with Gasteiger partial charge >= 0.3 is 0 Å². The van der Waals surface area contributed by atoms with Crippen molar-refractivity contribution in [2.45, 2.75) is 32.6 Å². The zero-order chi connectivity index (χ0) is 10.2. The van der Waals surface area contributed by atoms with Gasteiger partial charge in [0.25, 0.3) is 0 Å². The maximum atomic E-state index is 11.1. The van der Waals surface area contributed by atoms with E-state index in [9.17, 15) is 4.79 Å². The molecule has 14 heavy (non-hydrogen) atoms. The summed E-state index contributed by atoms with van der Waals surface area (Å²) >= 11 is 0. The van der Waals surface area contributed by atoms with E-state index in [4.69, 9.17) is 0 Å².